The number of ether oxygens (including phenoxy) is 3. The number of carbonyl (C=O) groups excluding carboxylic acids is 2. The number of anilines is 1. The van der Waals surface area contributed by atoms with Crippen molar-refractivity contribution in [2.24, 2.45) is 0 Å². The summed E-state index contributed by atoms with van der Waals surface area (Å²) in [5.74, 6) is -1.31. The Morgan fingerprint density at radius 1 is 1.21 bits per heavy atom. The van der Waals surface area contributed by atoms with Crippen molar-refractivity contribution >= 4 is 33.9 Å². The van der Waals surface area contributed by atoms with E-state index in [2.05, 4.69) is 11.4 Å². The predicted molar refractivity (Wildman–Crippen MR) is 118 cm³/mol. The van der Waals surface area contributed by atoms with Gasteiger partial charge in [-0.2, -0.15) is 5.26 Å². The largest absolute Gasteiger partial charge is 0.486 e. The van der Waals surface area contributed by atoms with E-state index < -0.39 is 28.6 Å². The van der Waals surface area contributed by atoms with Gasteiger partial charge >= 0.3 is 5.97 Å². The third-order valence-corrected chi connectivity index (χ3v) is 6.71. The molecule has 1 N–H and O–H groups in total. The molecular formula is C22H21N3O7S. The van der Waals surface area contributed by atoms with E-state index in [9.17, 15) is 25.0 Å². The molecule has 2 aliphatic rings. The van der Waals surface area contributed by atoms with E-state index in [1.54, 1.807) is 0 Å². The van der Waals surface area contributed by atoms with Gasteiger partial charge in [-0.05, 0) is 38.2 Å². The van der Waals surface area contributed by atoms with Crippen LogP contribution >= 0.6 is 11.3 Å². The van der Waals surface area contributed by atoms with Gasteiger partial charge in [0.15, 0.2) is 17.6 Å². The lowest BCUT2D eigenvalue weighted by Gasteiger charge is -2.19. The van der Waals surface area contributed by atoms with E-state index in [4.69, 9.17) is 14.2 Å². The van der Waals surface area contributed by atoms with Gasteiger partial charge in [0, 0.05) is 10.9 Å². The summed E-state index contributed by atoms with van der Waals surface area (Å²) in [6.45, 7) is 1.84. The van der Waals surface area contributed by atoms with Crippen LogP contribution in [0.15, 0.2) is 12.1 Å². The molecule has 1 aliphatic carbocycles. The molecule has 0 fully saturated rings. The fourth-order valence-electron chi connectivity index (χ4n) is 3.83. The second-order valence-corrected chi connectivity index (χ2v) is 8.79. The van der Waals surface area contributed by atoms with Crippen LogP contribution in [0.4, 0.5) is 10.7 Å². The molecule has 1 aliphatic heterocycles. The maximum absolute atomic E-state index is 12.7. The number of rotatable bonds is 5. The average Bonchev–Trinajstić information content (AvgIpc) is 2.96. The second kappa shape index (κ2) is 9.46. The van der Waals surface area contributed by atoms with Crippen molar-refractivity contribution < 1.29 is 28.7 Å². The first-order valence-corrected chi connectivity index (χ1v) is 11.3. The smallest absolute Gasteiger partial charge is 0.346 e. The van der Waals surface area contributed by atoms with Gasteiger partial charge in [-0.15, -0.1) is 11.3 Å². The SMILES string of the molecule is CC(OC(=O)c1cc2c(cc1[N+](=O)[O-])OCCO2)C(=O)Nc1sc2c(c1C#N)CCCCC2. The summed E-state index contributed by atoms with van der Waals surface area (Å²) in [4.78, 5) is 37.2. The molecule has 0 spiro atoms. The fourth-order valence-corrected chi connectivity index (χ4v) is 5.08. The van der Waals surface area contributed by atoms with Crippen LogP contribution in [0.3, 0.4) is 0 Å². The summed E-state index contributed by atoms with van der Waals surface area (Å²) >= 11 is 1.37. The second-order valence-electron chi connectivity index (χ2n) is 7.69. The molecule has 1 atom stereocenters. The Labute approximate surface area is 193 Å². The van der Waals surface area contributed by atoms with Gasteiger partial charge < -0.3 is 19.5 Å². The first-order valence-electron chi connectivity index (χ1n) is 10.5. The molecule has 11 heteroatoms. The lowest BCUT2D eigenvalue weighted by molar-refractivity contribution is -0.385. The van der Waals surface area contributed by atoms with Crippen LogP contribution in [0, 0.1) is 21.4 Å². The van der Waals surface area contributed by atoms with Crippen molar-refractivity contribution in [3.05, 3.63) is 43.8 Å². The number of amides is 1. The van der Waals surface area contributed by atoms with Crippen LogP contribution in [0.25, 0.3) is 0 Å². The third kappa shape index (κ3) is 4.61. The lowest BCUT2D eigenvalue weighted by Crippen LogP contribution is -2.30. The highest BCUT2D eigenvalue weighted by molar-refractivity contribution is 7.16. The number of nitro groups is 1. The molecule has 1 amide bonds. The number of carbonyl (C=O) groups is 2. The van der Waals surface area contributed by atoms with Crippen LogP contribution in [-0.2, 0) is 22.4 Å². The Morgan fingerprint density at radius 3 is 2.61 bits per heavy atom. The molecule has 1 unspecified atom stereocenters. The number of hydrogen-bond donors (Lipinski definition) is 1. The van der Waals surface area contributed by atoms with Gasteiger partial charge in [0.1, 0.15) is 29.8 Å². The van der Waals surface area contributed by atoms with Crippen molar-refractivity contribution in [3.63, 3.8) is 0 Å². The van der Waals surface area contributed by atoms with Crippen molar-refractivity contribution in [2.45, 2.75) is 45.1 Å². The van der Waals surface area contributed by atoms with E-state index in [0.717, 1.165) is 48.6 Å². The molecule has 172 valence electrons. The predicted octanol–water partition coefficient (Wildman–Crippen LogP) is 3.75. The Morgan fingerprint density at radius 2 is 1.91 bits per heavy atom. The monoisotopic (exact) mass is 471 g/mol. The summed E-state index contributed by atoms with van der Waals surface area (Å²) in [5, 5.41) is 24.2. The van der Waals surface area contributed by atoms with Crippen LogP contribution in [-0.4, -0.2) is 36.1 Å². The van der Waals surface area contributed by atoms with E-state index >= 15 is 0 Å². The summed E-state index contributed by atoms with van der Waals surface area (Å²) in [7, 11) is 0. The van der Waals surface area contributed by atoms with Crippen molar-refractivity contribution in [2.75, 3.05) is 18.5 Å². The topological polar surface area (TPSA) is 141 Å². The highest BCUT2D eigenvalue weighted by Crippen LogP contribution is 2.38. The molecule has 1 aromatic carbocycles. The maximum atomic E-state index is 12.7. The molecule has 0 saturated carbocycles. The average molecular weight is 471 g/mol. The number of nitriles is 1. The van der Waals surface area contributed by atoms with Crippen molar-refractivity contribution in [3.8, 4) is 17.6 Å². The molecule has 10 nitrogen and oxygen atoms in total. The zero-order valence-corrected chi connectivity index (χ0v) is 18.7. The number of nitro benzene ring substituents is 1. The minimum absolute atomic E-state index is 0.164. The van der Waals surface area contributed by atoms with E-state index in [1.807, 2.05) is 0 Å². The van der Waals surface area contributed by atoms with Gasteiger partial charge in [0.05, 0.1) is 16.6 Å². The van der Waals surface area contributed by atoms with Gasteiger partial charge in [-0.25, -0.2) is 4.79 Å². The molecule has 0 saturated heterocycles. The Kier molecular flexibility index (Phi) is 6.46. The summed E-state index contributed by atoms with van der Waals surface area (Å²) in [6.07, 6.45) is 3.54. The van der Waals surface area contributed by atoms with Crippen LogP contribution < -0.4 is 14.8 Å². The summed E-state index contributed by atoms with van der Waals surface area (Å²) < 4.78 is 15.9. The van der Waals surface area contributed by atoms with Gasteiger partial charge in [-0.3, -0.25) is 14.9 Å². The lowest BCUT2D eigenvalue weighted by atomic mass is 10.1. The number of benzene rings is 1. The first kappa shape index (κ1) is 22.5. The number of aryl methyl sites for hydroxylation is 1. The molecule has 4 rings (SSSR count). The number of nitrogens with one attached hydrogen (secondary N) is 1. The molecular weight excluding hydrogens is 450 g/mol. The van der Waals surface area contributed by atoms with Gasteiger partial charge in [0.2, 0.25) is 0 Å². The van der Waals surface area contributed by atoms with Gasteiger partial charge in [0.25, 0.3) is 11.6 Å². The Bertz CT molecular complexity index is 1170. The van der Waals surface area contributed by atoms with E-state index in [1.165, 1.54) is 24.3 Å². The molecule has 1 aromatic heterocycles. The molecule has 2 aromatic rings. The Hall–Kier alpha value is -3.65. The summed E-state index contributed by atoms with van der Waals surface area (Å²) in [6, 6.07) is 4.47. The number of hydrogen-bond acceptors (Lipinski definition) is 9. The number of thiophene rings is 1. The number of nitrogens with zero attached hydrogens (tertiary/aromatic N) is 2. The third-order valence-electron chi connectivity index (χ3n) is 5.50. The van der Waals surface area contributed by atoms with E-state index in [0.29, 0.717) is 10.6 Å². The molecule has 0 radical (unpaired) electrons. The Balaban J connectivity index is 1.51. The number of fused-ring (bicyclic) bond motifs is 2. The first-order chi connectivity index (χ1) is 15.9. The highest BCUT2D eigenvalue weighted by atomic mass is 32.1. The summed E-state index contributed by atoms with van der Waals surface area (Å²) in [5.41, 5.74) is 0.577. The molecule has 2 heterocycles. The quantitative estimate of drug-likeness (QED) is 0.301. The van der Waals surface area contributed by atoms with Gasteiger partial charge in [-0.1, -0.05) is 6.42 Å². The van der Waals surface area contributed by atoms with Crippen LogP contribution in [0.1, 0.15) is 52.5 Å². The highest BCUT2D eigenvalue weighted by Gasteiger charge is 2.30. The van der Waals surface area contributed by atoms with Crippen molar-refractivity contribution in [1.29, 1.82) is 5.26 Å². The molecule has 0 bridgehead atoms. The molecule has 33 heavy (non-hydrogen) atoms. The van der Waals surface area contributed by atoms with Crippen molar-refractivity contribution in [1.82, 2.24) is 0 Å². The zero-order chi connectivity index (χ0) is 23.5. The normalized spacial score (nSPS) is 15.4. The van der Waals surface area contributed by atoms with E-state index in [-0.39, 0.29) is 30.3 Å². The van der Waals surface area contributed by atoms with Crippen LogP contribution in [0.2, 0.25) is 0 Å². The number of esters is 1. The zero-order valence-electron chi connectivity index (χ0n) is 17.8. The standard InChI is InChI=1S/C22H21N3O7S/c1-12(20(26)24-21-15(11-23)13-5-3-2-4-6-19(13)33-21)32-22(27)14-9-17-18(31-8-7-30-17)10-16(14)25(28)29/h9-10,12H,2-8H2,1H3,(H,24,26). The fraction of sp³-hybridized carbons (Fsp3) is 0.409. The minimum atomic E-state index is -1.25. The maximum Gasteiger partial charge on any atom is 0.346 e. The van der Waals surface area contributed by atoms with Crippen LogP contribution in [0.5, 0.6) is 11.5 Å². The minimum Gasteiger partial charge on any atom is -0.486 e.